The summed E-state index contributed by atoms with van der Waals surface area (Å²) in [6.07, 6.45) is 0. The quantitative estimate of drug-likeness (QED) is 0.838. The number of carbonyl (C=O) groups is 2. The van der Waals surface area contributed by atoms with Crippen LogP contribution >= 0.6 is 0 Å². The SMILES string of the molecule is CC(=O)NC(C(=O)N(C)CCOc1cc(C)cc(C)c1)C(C)C. The van der Waals surface area contributed by atoms with E-state index in [9.17, 15) is 9.59 Å². The van der Waals surface area contributed by atoms with Gasteiger partial charge in [0.05, 0.1) is 6.54 Å². The van der Waals surface area contributed by atoms with Crippen molar-refractivity contribution in [3.05, 3.63) is 29.3 Å². The highest BCUT2D eigenvalue weighted by molar-refractivity contribution is 5.86. The molecule has 1 aromatic carbocycles. The average molecular weight is 320 g/mol. The van der Waals surface area contributed by atoms with Crippen LogP contribution in [0.1, 0.15) is 31.9 Å². The van der Waals surface area contributed by atoms with E-state index in [1.165, 1.54) is 6.92 Å². The van der Waals surface area contributed by atoms with Crippen LogP contribution < -0.4 is 10.1 Å². The van der Waals surface area contributed by atoms with Gasteiger partial charge in [0.25, 0.3) is 0 Å². The van der Waals surface area contributed by atoms with E-state index in [2.05, 4.69) is 11.4 Å². The van der Waals surface area contributed by atoms with Gasteiger partial charge in [-0.3, -0.25) is 9.59 Å². The normalized spacial score (nSPS) is 12.0. The lowest BCUT2D eigenvalue weighted by Crippen LogP contribution is -2.50. The summed E-state index contributed by atoms with van der Waals surface area (Å²) < 4.78 is 5.73. The number of hydrogen-bond acceptors (Lipinski definition) is 3. The summed E-state index contributed by atoms with van der Waals surface area (Å²) in [6.45, 7) is 10.2. The second kappa shape index (κ2) is 8.56. The number of aryl methyl sites for hydroxylation is 2. The number of nitrogens with one attached hydrogen (secondary N) is 1. The zero-order valence-electron chi connectivity index (χ0n) is 15.0. The number of rotatable bonds is 7. The fraction of sp³-hybridized carbons (Fsp3) is 0.556. The van der Waals surface area contributed by atoms with Gasteiger partial charge in [0, 0.05) is 14.0 Å². The molecule has 1 unspecified atom stereocenters. The Balaban J connectivity index is 2.55. The molecule has 5 heteroatoms. The number of hydrogen-bond donors (Lipinski definition) is 1. The van der Waals surface area contributed by atoms with Gasteiger partial charge >= 0.3 is 0 Å². The Morgan fingerprint density at radius 1 is 1.17 bits per heavy atom. The molecule has 0 aromatic heterocycles. The van der Waals surface area contributed by atoms with Gasteiger partial charge in [-0.25, -0.2) is 0 Å². The molecule has 5 nitrogen and oxygen atoms in total. The minimum atomic E-state index is -0.501. The zero-order valence-corrected chi connectivity index (χ0v) is 15.0. The highest BCUT2D eigenvalue weighted by Crippen LogP contribution is 2.16. The largest absolute Gasteiger partial charge is 0.492 e. The van der Waals surface area contributed by atoms with Gasteiger partial charge in [-0.1, -0.05) is 19.9 Å². The maximum absolute atomic E-state index is 12.4. The van der Waals surface area contributed by atoms with E-state index in [-0.39, 0.29) is 17.7 Å². The van der Waals surface area contributed by atoms with Gasteiger partial charge in [0.15, 0.2) is 0 Å². The van der Waals surface area contributed by atoms with Crippen LogP contribution in [0.5, 0.6) is 5.75 Å². The predicted octanol–water partition coefficient (Wildman–Crippen LogP) is 2.30. The summed E-state index contributed by atoms with van der Waals surface area (Å²) in [5.41, 5.74) is 2.30. The Morgan fingerprint density at radius 3 is 2.22 bits per heavy atom. The lowest BCUT2D eigenvalue weighted by molar-refractivity contribution is -0.136. The number of ether oxygens (including phenoxy) is 1. The predicted molar refractivity (Wildman–Crippen MR) is 91.5 cm³/mol. The molecule has 0 saturated heterocycles. The van der Waals surface area contributed by atoms with Gasteiger partial charge < -0.3 is 15.0 Å². The van der Waals surface area contributed by atoms with Crippen molar-refractivity contribution in [3.63, 3.8) is 0 Å². The molecule has 1 rings (SSSR count). The molecule has 0 radical (unpaired) electrons. The van der Waals surface area contributed by atoms with Crippen molar-refractivity contribution < 1.29 is 14.3 Å². The summed E-state index contributed by atoms with van der Waals surface area (Å²) in [6, 6.07) is 5.54. The van der Waals surface area contributed by atoms with Gasteiger partial charge in [-0.2, -0.15) is 0 Å². The first-order chi connectivity index (χ1) is 10.7. The summed E-state index contributed by atoms with van der Waals surface area (Å²) in [5, 5.41) is 2.71. The monoisotopic (exact) mass is 320 g/mol. The van der Waals surface area contributed by atoms with Crippen molar-refractivity contribution in [1.29, 1.82) is 0 Å². The van der Waals surface area contributed by atoms with Crippen LogP contribution in [-0.4, -0.2) is 43.0 Å². The third-order valence-corrected chi connectivity index (χ3v) is 3.56. The molecule has 1 aromatic rings. The minimum absolute atomic E-state index is 0.0363. The van der Waals surface area contributed by atoms with Crippen LogP contribution in [0.3, 0.4) is 0 Å². The van der Waals surface area contributed by atoms with Crippen LogP contribution in [0.4, 0.5) is 0 Å². The topological polar surface area (TPSA) is 58.6 Å². The summed E-state index contributed by atoms with van der Waals surface area (Å²) in [4.78, 5) is 25.3. The van der Waals surface area contributed by atoms with Crippen molar-refractivity contribution >= 4 is 11.8 Å². The standard InChI is InChI=1S/C18H28N2O3/c1-12(2)17(19-15(5)21)18(22)20(6)7-8-23-16-10-13(3)9-14(4)11-16/h9-12,17H,7-8H2,1-6H3,(H,19,21). The minimum Gasteiger partial charge on any atom is -0.492 e. The van der Waals surface area contributed by atoms with E-state index < -0.39 is 6.04 Å². The van der Waals surface area contributed by atoms with E-state index >= 15 is 0 Å². The average Bonchev–Trinajstić information content (AvgIpc) is 2.42. The zero-order chi connectivity index (χ0) is 17.6. The molecule has 2 amide bonds. The Kier molecular flexibility index (Phi) is 7.07. The molecule has 0 aliphatic rings. The highest BCUT2D eigenvalue weighted by atomic mass is 16.5. The Labute approximate surface area is 139 Å². The molecule has 0 saturated carbocycles. The smallest absolute Gasteiger partial charge is 0.245 e. The van der Waals surface area contributed by atoms with E-state index in [0.29, 0.717) is 13.2 Å². The molecule has 0 aliphatic heterocycles. The van der Waals surface area contributed by atoms with Crippen molar-refractivity contribution in [2.24, 2.45) is 5.92 Å². The van der Waals surface area contributed by atoms with Crippen LogP contribution in [0.15, 0.2) is 18.2 Å². The van der Waals surface area contributed by atoms with Crippen molar-refractivity contribution in [1.82, 2.24) is 10.2 Å². The fourth-order valence-corrected chi connectivity index (χ4v) is 2.40. The molecule has 0 bridgehead atoms. The molecule has 0 heterocycles. The number of nitrogens with zero attached hydrogens (tertiary/aromatic N) is 1. The first-order valence-electron chi connectivity index (χ1n) is 7.94. The van der Waals surface area contributed by atoms with Crippen molar-refractivity contribution in [3.8, 4) is 5.75 Å². The molecule has 0 spiro atoms. The van der Waals surface area contributed by atoms with Gasteiger partial charge in [-0.15, -0.1) is 0 Å². The summed E-state index contributed by atoms with van der Waals surface area (Å²) in [5.74, 6) is 0.552. The first-order valence-corrected chi connectivity index (χ1v) is 7.94. The number of likely N-dealkylation sites (N-methyl/N-ethyl adjacent to an activating group) is 1. The van der Waals surface area contributed by atoms with Crippen molar-refractivity contribution in [2.45, 2.75) is 40.7 Å². The third kappa shape index (κ3) is 6.30. The number of amides is 2. The van der Waals surface area contributed by atoms with Gasteiger partial charge in [-0.05, 0) is 43.0 Å². The Bertz CT molecular complexity index is 535. The number of benzene rings is 1. The lowest BCUT2D eigenvalue weighted by atomic mass is 10.0. The van der Waals surface area contributed by atoms with E-state index in [4.69, 9.17) is 4.74 Å². The lowest BCUT2D eigenvalue weighted by Gasteiger charge is -2.26. The second-order valence-corrected chi connectivity index (χ2v) is 6.35. The van der Waals surface area contributed by atoms with Crippen LogP contribution in [0.2, 0.25) is 0 Å². The Morgan fingerprint density at radius 2 is 1.74 bits per heavy atom. The fourth-order valence-electron chi connectivity index (χ4n) is 2.40. The van der Waals surface area contributed by atoms with E-state index in [1.54, 1.807) is 11.9 Å². The Hall–Kier alpha value is -2.04. The molecule has 128 valence electrons. The van der Waals surface area contributed by atoms with Crippen LogP contribution in [-0.2, 0) is 9.59 Å². The number of carbonyl (C=O) groups excluding carboxylic acids is 2. The van der Waals surface area contributed by atoms with Crippen LogP contribution in [0, 0.1) is 19.8 Å². The summed E-state index contributed by atoms with van der Waals surface area (Å²) >= 11 is 0. The molecular weight excluding hydrogens is 292 g/mol. The maximum atomic E-state index is 12.4. The second-order valence-electron chi connectivity index (χ2n) is 6.35. The molecule has 0 aliphatic carbocycles. The molecule has 1 atom stereocenters. The molecule has 0 fully saturated rings. The van der Waals surface area contributed by atoms with Gasteiger partial charge in [0.1, 0.15) is 18.4 Å². The van der Waals surface area contributed by atoms with Gasteiger partial charge in [0.2, 0.25) is 11.8 Å². The molecule has 23 heavy (non-hydrogen) atoms. The first kappa shape index (κ1) is 19.0. The molecular formula is C18H28N2O3. The van der Waals surface area contributed by atoms with E-state index in [1.807, 2.05) is 39.8 Å². The third-order valence-electron chi connectivity index (χ3n) is 3.56. The maximum Gasteiger partial charge on any atom is 0.245 e. The highest BCUT2D eigenvalue weighted by Gasteiger charge is 2.25. The van der Waals surface area contributed by atoms with E-state index in [0.717, 1.165) is 16.9 Å². The molecule has 1 N–H and O–H groups in total. The van der Waals surface area contributed by atoms with Crippen molar-refractivity contribution in [2.75, 3.05) is 20.2 Å². The van der Waals surface area contributed by atoms with Crippen LogP contribution in [0.25, 0.3) is 0 Å². The summed E-state index contributed by atoms with van der Waals surface area (Å²) in [7, 11) is 1.73.